The van der Waals surface area contributed by atoms with Gasteiger partial charge in [0.1, 0.15) is 5.60 Å². The van der Waals surface area contributed by atoms with Crippen molar-refractivity contribution >= 4 is 8.32 Å². The monoisotopic (exact) mass is 390 g/mol. The molecule has 1 N–H and O–H groups in total. The molecule has 0 aromatic rings. The van der Waals surface area contributed by atoms with Gasteiger partial charge in [-0.15, -0.1) is 0 Å². The molecule has 0 heterocycles. The average Bonchev–Trinajstić information content (AvgIpc) is 2.96. The minimum Gasteiger partial charge on any atom is -0.414 e. The quantitative estimate of drug-likeness (QED) is 0.313. The van der Waals surface area contributed by atoms with Crippen molar-refractivity contribution in [3.8, 4) is 11.8 Å². The maximum atomic E-state index is 9.85. The third-order valence-corrected chi connectivity index (χ3v) is 12.0. The van der Waals surface area contributed by atoms with Crippen molar-refractivity contribution in [2.24, 2.45) is 17.3 Å². The fraction of sp³-hybridized carbons (Fsp3) is 0.833. The van der Waals surface area contributed by atoms with Crippen LogP contribution in [0.1, 0.15) is 80.6 Å². The van der Waals surface area contributed by atoms with E-state index < -0.39 is 13.9 Å². The van der Waals surface area contributed by atoms with E-state index in [-0.39, 0.29) is 5.41 Å². The first-order valence-electron chi connectivity index (χ1n) is 11.2. The summed E-state index contributed by atoms with van der Waals surface area (Å²) in [4.78, 5) is 0. The predicted molar refractivity (Wildman–Crippen MR) is 118 cm³/mol. The summed E-state index contributed by atoms with van der Waals surface area (Å²) >= 11 is 0. The van der Waals surface area contributed by atoms with Crippen LogP contribution in [0.5, 0.6) is 0 Å². The number of hydrogen-bond acceptors (Lipinski definition) is 2. The summed E-state index contributed by atoms with van der Waals surface area (Å²) in [6.45, 7) is 15.3. The van der Waals surface area contributed by atoms with Crippen molar-refractivity contribution in [3.63, 3.8) is 0 Å². The molecule has 2 aliphatic rings. The number of hydrogen-bond donors (Lipinski definition) is 1. The first-order valence-corrected chi connectivity index (χ1v) is 13.7. The molecule has 0 radical (unpaired) electrons. The van der Waals surface area contributed by atoms with Crippen LogP contribution < -0.4 is 0 Å². The van der Waals surface area contributed by atoms with Gasteiger partial charge < -0.3 is 9.53 Å². The van der Waals surface area contributed by atoms with Gasteiger partial charge >= 0.3 is 0 Å². The molecule has 0 aromatic heterocycles. The number of allylic oxidation sites excluding steroid dienone is 2. The summed E-state index contributed by atoms with van der Waals surface area (Å²) in [5, 5.41) is 9.85. The smallest absolute Gasteiger partial charge is 0.192 e. The molecule has 0 aromatic carbocycles. The van der Waals surface area contributed by atoms with E-state index in [1.165, 1.54) is 43.8 Å². The molecule has 0 spiro atoms. The lowest BCUT2D eigenvalue weighted by atomic mass is 9.63. The van der Waals surface area contributed by atoms with Crippen LogP contribution in [0, 0.1) is 29.1 Å². The molecule has 0 bridgehead atoms. The molecule has 3 unspecified atom stereocenters. The number of aliphatic hydroxyl groups is 1. The minimum atomic E-state index is -1.56. The van der Waals surface area contributed by atoms with Crippen LogP contribution in [0.2, 0.25) is 18.1 Å². The molecular formula is C24H42O2Si. The Kier molecular flexibility index (Phi) is 7.45. The van der Waals surface area contributed by atoms with Gasteiger partial charge in [-0.2, -0.15) is 0 Å². The van der Waals surface area contributed by atoms with E-state index in [2.05, 4.69) is 52.5 Å². The number of fused-ring (bicyclic) bond motifs is 1. The van der Waals surface area contributed by atoms with Crippen molar-refractivity contribution in [1.29, 1.82) is 0 Å². The van der Waals surface area contributed by atoms with E-state index in [1.54, 1.807) is 19.4 Å². The SMILES string of the molecule is CC[Si](CC)(CC)OC1CCC[C@]2(C)C(C(C)CC#CC(C)(C)O)=CCC12. The van der Waals surface area contributed by atoms with Crippen LogP contribution in [-0.2, 0) is 4.43 Å². The van der Waals surface area contributed by atoms with Crippen LogP contribution in [0.4, 0.5) is 0 Å². The van der Waals surface area contributed by atoms with E-state index in [9.17, 15) is 5.11 Å². The molecule has 3 heteroatoms. The molecule has 0 saturated heterocycles. The van der Waals surface area contributed by atoms with E-state index in [4.69, 9.17) is 4.43 Å². The second-order valence-electron chi connectivity index (χ2n) is 9.68. The first kappa shape index (κ1) is 22.7. The zero-order valence-electron chi connectivity index (χ0n) is 18.8. The second-order valence-corrected chi connectivity index (χ2v) is 14.4. The maximum absolute atomic E-state index is 9.85. The van der Waals surface area contributed by atoms with Gasteiger partial charge in [0.2, 0.25) is 0 Å². The topological polar surface area (TPSA) is 29.5 Å². The molecule has 2 aliphatic carbocycles. The van der Waals surface area contributed by atoms with Crippen LogP contribution in [-0.4, -0.2) is 25.1 Å². The highest BCUT2D eigenvalue weighted by atomic mass is 28.4. The summed E-state index contributed by atoms with van der Waals surface area (Å²) in [5.41, 5.74) is 0.977. The zero-order valence-corrected chi connectivity index (χ0v) is 19.8. The Morgan fingerprint density at radius 1 is 1.30 bits per heavy atom. The predicted octanol–water partition coefficient (Wildman–Crippen LogP) is 6.31. The lowest BCUT2D eigenvalue weighted by molar-refractivity contribution is 0.0178. The van der Waals surface area contributed by atoms with Crippen molar-refractivity contribution < 1.29 is 9.53 Å². The van der Waals surface area contributed by atoms with Crippen molar-refractivity contribution in [2.75, 3.05) is 0 Å². The van der Waals surface area contributed by atoms with Gasteiger partial charge in [-0.3, -0.25) is 0 Å². The fourth-order valence-electron chi connectivity index (χ4n) is 5.48. The third kappa shape index (κ3) is 5.08. The normalized spacial score (nSPS) is 29.6. The van der Waals surface area contributed by atoms with E-state index in [0.717, 1.165) is 6.42 Å². The minimum absolute atomic E-state index is 0.272. The van der Waals surface area contributed by atoms with Crippen LogP contribution in [0.25, 0.3) is 0 Å². The number of rotatable bonds is 7. The molecule has 154 valence electrons. The molecule has 2 nitrogen and oxygen atoms in total. The highest BCUT2D eigenvalue weighted by Crippen LogP contribution is 2.56. The molecule has 2 rings (SSSR count). The van der Waals surface area contributed by atoms with E-state index in [1.807, 2.05) is 0 Å². The maximum Gasteiger partial charge on any atom is 0.192 e. The Morgan fingerprint density at radius 2 is 1.93 bits per heavy atom. The molecule has 1 saturated carbocycles. The first-order chi connectivity index (χ1) is 12.6. The molecule has 4 atom stereocenters. The Hall–Kier alpha value is -0.563. The summed E-state index contributed by atoms with van der Waals surface area (Å²) < 4.78 is 7.00. The third-order valence-electron chi connectivity index (χ3n) is 7.37. The standard InChI is InChI=1S/C24H42O2Si/c1-8-27(9-2,10-3)26-22-14-12-18-24(7)20(15-16-21(22)24)19(4)13-11-17-23(5,6)25/h15,19,21-22,25H,8-10,12-14,16,18H2,1-7H3/t19?,21?,22?,24-/m1/s1. The Balaban J connectivity index is 2.13. The van der Waals surface area contributed by atoms with Gasteiger partial charge in [0.15, 0.2) is 8.32 Å². The van der Waals surface area contributed by atoms with Crippen molar-refractivity contribution in [3.05, 3.63) is 11.6 Å². The van der Waals surface area contributed by atoms with Crippen LogP contribution in [0.3, 0.4) is 0 Å². The summed E-state index contributed by atoms with van der Waals surface area (Å²) in [5.74, 6) is 7.31. The fourth-order valence-corrected chi connectivity index (χ4v) is 8.41. The van der Waals surface area contributed by atoms with Crippen LogP contribution in [0.15, 0.2) is 11.6 Å². The van der Waals surface area contributed by atoms with E-state index in [0.29, 0.717) is 17.9 Å². The Morgan fingerprint density at radius 3 is 2.48 bits per heavy atom. The Bertz CT molecular complexity index is 579. The molecule has 27 heavy (non-hydrogen) atoms. The van der Waals surface area contributed by atoms with Gasteiger partial charge in [-0.1, -0.05) is 64.5 Å². The highest BCUT2D eigenvalue weighted by molar-refractivity contribution is 6.73. The van der Waals surface area contributed by atoms with Gasteiger partial charge in [-0.25, -0.2) is 0 Å². The lowest BCUT2D eigenvalue weighted by Gasteiger charge is -2.47. The Labute approximate surface area is 169 Å². The van der Waals surface area contributed by atoms with Crippen molar-refractivity contribution in [1.82, 2.24) is 0 Å². The summed E-state index contributed by atoms with van der Waals surface area (Å²) in [6.07, 6.45) is 8.75. The van der Waals surface area contributed by atoms with Gasteiger partial charge in [0.05, 0.1) is 0 Å². The summed E-state index contributed by atoms with van der Waals surface area (Å²) in [7, 11) is -1.56. The molecule has 0 amide bonds. The van der Waals surface area contributed by atoms with Crippen molar-refractivity contribution in [2.45, 2.75) is 110 Å². The lowest BCUT2D eigenvalue weighted by Crippen LogP contribution is -2.48. The summed E-state index contributed by atoms with van der Waals surface area (Å²) in [6, 6.07) is 3.72. The van der Waals surface area contributed by atoms with E-state index >= 15 is 0 Å². The van der Waals surface area contributed by atoms with Gasteiger partial charge in [-0.05, 0) is 68.5 Å². The highest BCUT2D eigenvalue weighted by Gasteiger charge is 2.50. The molecular weight excluding hydrogens is 348 g/mol. The second kappa shape index (κ2) is 8.85. The average molecular weight is 391 g/mol. The van der Waals surface area contributed by atoms with Gasteiger partial charge in [0.25, 0.3) is 0 Å². The van der Waals surface area contributed by atoms with Crippen LogP contribution >= 0.6 is 0 Å². The molecule has 0 aliphatic heterocycles. The van der Waals surface area contributed by atoms with Gasteiger partial charge in [0, 0.05) is 12.5 Å². The zero-order chi connectivity index (χ0) is 20.3. The molecule has 1 fully saturated rings. The largest absolute Gasteiger partial charge is 0.414 e.